The van der Waals surface area contributed by atoms with Crippen molar-refractivity contribution in [1.29, 1.82) is 0 Å². The Hall–Kier alpha value is -2.76. The van der Waals surface area contributed by atoms with Crippen molar-refractivity contribution in [2.24, 2.45) is 7.05 Å². The first kappa shape index (κ1) is 14.6. The normalized spacial score (nSPS) is 10.2. The minimum atomic E-state index is -0.180. The summed E-state index contributed by atoms with van der Waals surface area (Å²) in [5, 5.41) is 5.52. The summed E-state index contributed by atoms with van der Waals surface area (Å²) in [4.78, 5) is 22.9. The van der Waals surface area contributed by atoms with Gasteiger partial charge in [0.05, 0.1) is 5.69 Å². The van der Waals surface area contributed by atoms with Gasteiger partial charge in [0.1, 0.15) is 5.69 Å². The lowest BCUT2D eigenvalue weighted by Crippen LogP contribution is -2.24. The lowest BCUT2D eigenvalue weighted by atomic mass is 10.2. The molecule has 0 unspecified atom stereocenters. The Balaban J connectivity index is 1.95. The second-order valence-corrected chi connectivity index (χ2v) is 4.83. The highest BCUT2D eigenvalue weighted by Crippen LogP contribution is 2.11. The van der Waals surface area contributed by atoms with E-state index < -0.39 is 0 Å². The Morgan fingerprint density at radius 2 is 1.90 bits per heavy atom. The van der Waals surface area contributed by atoms with Crippen molar-refractivity contribution in [3.8, 4) is 0 Å². The summed E-state index contributed by atoms with van der Waals surface area (Å²) in [6.07, 6.45) is 1.69. The largest absolute Gasteiger partial charge is 0.397 e. The van der Waals surface area contributed by atoms with Crippen LogP contribution in [0.25, 0.3) is 0 Å². The topological polar surface area (TPSA) is 89.2 Å². The van der Waals surface area contributed by atoms with Crippen molar-refractivity contribution in [3.05, 3.63) is 47.8 Å². The Morgan fingerprint density at radius 1 is 1.24 bits per heavy atom. The highest BCUT2D eigenvalue weighted by atomic mass is 16.2. The van der Waals surface area contributed by atoms with E-state index in [1.54, 1.807) is 36.0 Å². The number of nitrogens with two attached hydrogens (primary N) is 1. The minimum Gasteiger partial charge on any atom is -0.397 e. The van der Waals surface area contributed by atoms with Gasteiger partial charge in [0.25, 0.3) is 5.91 Å². The highest BCUT2D eigenvalue weighted by Gasteiger charge is 2.10. The molecule has 2 aromatic rings. The number of hydrogen-bond donors (Lipinski definition) is 3. The summed E-state index contributed by atoms with van der Waals surface area (Å²) >= 11 is 0. The van der Waals surface area contributed by atoms with E-state index in [2.05, 4.69) is 10.6 Å². The van der Waals surface area contributed by atoms with Crippen molar-refractivity contribution in [1.82, 2.24) is 9.88 Å². The van der Waals surface area contributed by atoms with Crippen molar-refractivity contribution in [2.45, 2.75) is 13.5 Å². The van der Waals surface area contributed by atoms with Gasteiger partial charge in [0.15, 0.2) is 0 Å². The van der Waals surface area contributed by atoms with Crippen LogP contribution in [0, 0.1) is 0 Å². The number of benzene rings is 1. The third-order valence-corrected chi connectivity index (χ3v) is 2.99. The molecule has 0 aliphatic rings. The van der Waals surface area contributed by atoms with Gasteiger partial charge in [-0.05, 0) is 23.8 Å². The molecule has 2 rings (SSSR count). The lowest BCUT2D eigenvalue weighted by molar-refractivity contribution is -0.114. The number of amides is 2. The van der Waals surface area contributed by atoms with Crippen LogP contribution in [0.3, 0.4) is 0 Å². The Morgan fingerprint density at radius 3 is 2.43 bits per heavy atom. The quantitative estimate of drug-likeness (QED) is 0.795. The number of rotatable bonds is 4. The van der Waals surface area contributed by atoms with Gasteiger partial charge in [-0.25, -0.2) is 0 Å². The average molecular weight is 286 g/mol. The van der Waals surface area contributed by atoms with Gasteiger partial charge in [-0.2, -0.15) is 0 Å². The maximum atomic E-state index is 12.0. The second kappa shape index (κ2) is 6.13. The molecule has 0 atom stereocenters. The third-order valence-electron chi connectivity index (χ3n) is 2.99. The number of carbonyl (C=O) groups is 2. The molecule has 0 radical (unpaired) electrons. The van der Waals surface area contributed by atoms with Crippen LogP contribution in [0.4, 0.5) is 11.4 Å². The number of nitrogens with one attached hydrogen (secondary N) is 2. The molecule has 21 heavy (non-hydrogen) atoms. The zero-order valence-corrected chi connectivity index (χ0v) is 12.0. The van der Waals surface area contributed by atoms with E-state index in [1.165, 1.54) is 6.92 Å². The summed E-state index contributed by atoms with van der Waals surface area (Å²) in [5.41, 5.74) is 8.39. The zero-order chi connectivity index (χ0) is 15.4. The molecule has 0 saturated carbocycles. The molecule has 0 aliphatic carbocycles. The molecule has 1 heterocycles. The molecular weight excluding hydrogens is 268 g/mol. The van der Waals surface area contributed by atoms with Crippen LogP contribution in [0.15, 0.2) is 36.5 Å². The predicted octanol–water partition coefficient (Wildman–Crippen LogP) is 1.50. The van der Waals surface area contributed by atoms with Crippen molar-refractivity contribution >= 4 is 23.2 Å². The Kier molecular flexibility index (Phi) is 4.27. The van der Waals surface area contributed by atoms with E-state index in [1.807, 2.05) is 12.1 Å². The fourth-order valence-electron chi connectivity index (χ4n) is 2.00. The zero-order valence-electron chi connectivity index (χ0n) is 12.0. The van der Waals surface area contributed by atoms with E-state index >= 15 is 0 Å². The van der Waals surface area contributed by atoms with Gasteiger partial charge in [-0.1, -0.05) is 12.1 Å². The van der Waals surface area contributed by atoms with Crippen molar-refractivity contribution in [3.63, 3.8) is 0 Å². The first-order chi connectivity index (χ1) is 9.95. The first-order valence-electron chi connectivity index (χ1n) is 6.52. The van der Waals surface area contributed by atoms with Gasteiger partial charge in [0, 0.05) is 32.4 Å². The Bertz CT molecular complexity index is 659. The van der Waals surface area contributed by atoms with Gasteiger partial charge in [-0.15, -0.1) is 0 Å². The fraction of sp³-hybridized carbons (Fsp3) is 0.200. The van der Waals surface area contributed by atoms with Crippen LogP contribution in [0.5, 0.6) is 0 Å². The SMILES string of the molecule is CC(=O)Nc1ccc(CNC(=O)c2cc(N)cn2C)cc1. The number of nitrogens with zero attached hydrogens (tertiary/aromatic N) is 1. The van der Waals surface area contributed by atoms with Gasteiger partial charge < -0.3 is 20.9 Å². The number of anilines is 2. The predicted molar refractivity (Wildman–Crippen MR) is 81.7 cm³/mol. The van der Waals surface area contributed by atoms with Crippen LogP contribution in [0.1, 0.15) is 23.0 Å². The lowest BCUT2D eigenvalue weighted by Gasteiger charge is -2.07. The van der Waals surface area contributed by atoms with Gasteiger partial charge in [0.2, 0.25) is 5.91 Å². The van der Waals surface area contributed by atoms with E-state index in [0.29, 0.717) is 17.9 Å². The summed E-state index contributed by atoms with van der Waals surface area (Å²) in [7, 11) is 1.77. The molecule has 4 N–H and O–H groups in total. The summed E-state index contributed by atoms with van der Waals surface area (Å²) in [6.45, 7) is 1.87. The molecule has 6 heteroatoms. The molecule has 0 spiro atoms. The molecule has 0 aliphatic heterocycles. The van der Waals surface area contributed by atoms with Crippen LogP contribution >= 0.6 is 0 Å². The number of aryl methyl sites for hydroxylation is 1. The molecule has 0 fully saturated rings. The maximum absolute atomic E-state index is 12.0. The smallest absolute Gasteiger partial charge is 0.268 e. The number of nitrogen functional groups attached to an aromatic ring is 1. The molecule has 1 aromatic carbocycles. The summed E-state index contributed by atoms with van der Waals surface area (Å²) in [6, 6.07) is 8.93. The van der Waals surface area contributed by atoms with Gasteiger partial charge in [-0.3, -0.25) is 9.59 Å². The minimum absolute atomic E-state index is 0.114. The molecule has 110 valence electrons. The third kappa shape index (κ3) is 3.85. The Labute approximate surface area is 122 Å². The van der Waals surface area contributed by atoms with Crippen LogP contribution in [-0.4, -0.2) is 16.4 Å². The monoisotopic (exact) mass is 286 g/mol. The molecule has 0 saturated heterocycles. The molecule has 2 amide bonds. The van der Waals surface area contributed by atoms with E-state index in [0.717, 1.165) is 11.3 Å². The number of aromatic nitrogens is 1. The van der Waals surface area contributed by atoms with Crippen molar-refractivity contribution < 1.29 is 9.59 Å². The summed E-state index contributed by atoms with van der Waals surface area (Å²) in [5.74, 6) is -0.294. The molecule has 6 nitrogen and oxygen atoms in total. The van der Waals surface area contributed by atoms with Crippen LogP contribution in [0.2, 0.25) is 0 Å². The van der Waals surface area contributed by atoms with Crippen LogP contribution < -0.4 is 16.4 Å². The summed E-state index contributed by atoms with van der Waals surface area (Å²) < 4.78 is 1.69. The number of hydrogen-bond acceptors (Lipinski definition) is 3. The second-order valence-electron chi connectivity index (χ2n) is 4.83. The van der Waals surface area contributed by atoms with E-state index in [4.69, 9.17) is 5.73 Å². The van der Waals surface area contributed by atoms with Crippen LogP contribution in [-0.2, 0) is 18.4 Å². The van der Waals surface area contributed by atoms with E-state index in [9.17, 15) is 9.59 Å². The standard InChI is InChI=1S/C15H18N4O2/c1-10(20)18-13-5-3-11(4-6-13)8-17-15(21)14-7-12(16)9-19(14)2/h3-7,9H,8,16H2,1-2H3,(H,17,21)(H,18,20). The van der Waals surface area contributed by atoms with E-state index in [-0.39, 0.29) is 11.8 Å². The fourth-order valence-corrected chi connectivity index (χ4v) is 2.00. The number of carbonyl (C=O) groups excluding carboxylic acids is 2. The van der Waals surface area contributed by atoms with Gasteiger partial charge >= 0.3 is 0 Å². The highest BCUT2D eigenvalue weighted by molar-refractivity contribution is 5.93. The van der Waals surface area contributed by atoms with Crippen molar-refractivity contribution in [2.75, 3.05) is 11.1 Å². The first-order valence-corrected chi connectivity index (χ1v) is 6.52. The molecule has 0 bridgehead atoms. The maximum Gasteiger partial charge on any atom is 0.268 e. The molecular formula is C15H18N4O2. The average Bonchev–Trinajstić information content (AvgIpc) is 2.76. The molecule has 1 aromatic heterocycles.